The summed E-state index contributed by atoms with van der Waals surface area (Å²) in [4.78, 5) is 37.5. The van der Waals surface area contributed by atoms with Gasteiger partial charge in [0, 0.05) is 24.2 Å². The maximum absolute atomic E-state index is 13.3. The van der Waals surface area contributed by atoms with Gasteiger partial charge in [0.25, 0.3) is 17.5 Å². The van der Waals surface area contributed by atoms with Crippen molar-refractivity contribution in [2.75, 3.05) is 5.32 Å². The van der Waals surface area contributed by atoms with E-state index in [2.05, 4.69) is 25.4 Å². The smallest absolute Gasteiger partial charge is 0.269 e. The maximum Gasteiger partial charge on any atom is 0.269 e. The molecule has 0 radical (unpaired) electrons. The number of rotatable bonds is 5. The van der Waals surface area contributed by atoms with E-state index in [4.69, 9.17) is 10.3 Å². The van der Waals surface area contributed by atoms with E-state index in [9.17, 15) is 9.59 Å². The number of fused-ring (bicyclic) bond motifs is 1. The lowest BCUT2D eigenvalue weighted by molar-refractivity contribution is 0.0996. The summed E-state index contributed by atoms with van der Waals surface area (Å²) in [6.07, 6.45) is 4.72. The first-order chi connectivity index (χ1) is 14.5. The van der Waals surface area contributed by atoms with Crippen LogP contribution in [0.1, 0.15) is 46.3 Å². The van der Waals surface area contributed by atoms with Gasteiger partial charge in [-0.3, -0.25) is 14.6 Å². The van der Waals surface area contributed by atoms with Gasteiger partial charge in [-0.05, 0) is 36.2 Å². The molecule has 0 unspecified atom stereocenters. The van der Waals surface area contributed by atoms with Crippen molar-refractivity contribution in [1.29, 1.82) is 0 Å². The van der Waals surface area contributed by atoms with Crippen LogP contribution in [0.4, 0.5) is 5.69 Å². The number of carbonyl (C=O) groups excluding carboxylic acids is 2. The zero-order chi connectivity index (χ0) is 21.3. The Balaban J connectivity index is 1.87. The standard InChI is InChI=1S/C21H18N6O3/c1-11(2)17-16-13(20(29)25-14-6-4-8-24-18(14)19(22)28)9-15(26-21(16)30-27-17)12-5-3-7-23-10-12/h3-11H,1-2H3,(H2,22,28)(H,25,29). The molecule has 0 aliphatic carbocycles. The largest absolute Gasteiger partial charge is 0.364 e. The Labute approximate surface area is 171 Å². The predicted octanol–water partition coefficient (Wildman–Crippen LogP) is 3.15. The number of hydrogen-bond donors (Lipinski definition) is 2. The molecule has 0 bridgehead atoms. The van der Waals surface area contributed by atoms with Gasteiger partial charge in [0.05, 0.1) is 28.0 Å². The normalized spacial score (nSPS) is 11.0. The van der Waals surface area contributed by atoms with Crippen LogP contribution in [0, 0.1) is 0 Å². The van der Waals surface area contributed by atoms with E-state index in [1.807, 2.05) is 19.9 Å². The third kappa shape index (κ3) is 3.48. The lowest BCUT2D eigenvalue weighted by Crippen LogP contribution is -2.20. The average Bonchev–Trinajstić information content (AvgIpc) is 3.18. The molecule has 0 aliphatic heterocycles. The molecule has 0 aliphatic rings. The zero-order valence-corrected chi connectivity index (χ0v) is 16.3. The van der Waals surface area contributed by atoms with Crippen molar-refractivity contribution < 1.29 is 14.1 Å². The molecule has 0 saturated heterocycles. The summed E-state index contributed by atoms with van der Waals surface area (Å²) in [5, 5.41) is 7.34. The summed E-state index contributed by atoms with van der Waals surface area (Å²) in [5.41, 5.74) is 7.94. The fourth-order valence-electron chi connectivity index (χ4n) is 3.10. The highest BCUT2D eigenvalue weighted by Crippen LogP contribution is 2.31. The van der Waals surface area contributed by atoms with Crippen molar-refractivity contribution in [3.63, 3.8) is 0 Å². The van der Waals surface area contributed by atoms with Gasteiger partial charge in [0.15, 0.2) is 5.69 Å². The Hall–Kier alpha value is -4.14. The van der Waals surface area contributed by atoms with Gasteiger partial charge in [0.2, 0.25) is 0 Å². The summed E-state index contributed by atoms with van der Waals surface area (Å²) < 4.78 is 5.43. The minimum Gasteiger partial charge on any atom is -0.364 e. The average molecular weight is 402 g/mol. The van der Waals surface area contributed by atoms with Gasteiger partial charge in [-0.1, -0.05) is 19.0 Å². The molecule has 0 atom stereocenters. The van der Waals surface area contributed by atoms with Crippen LogP contribution in [-0.4, -0.2) is 31.9 Å². The van der Waals surface area contributed by atoms with Gasteiger partial charge >= 0.3 is 0 Å². The maximum atomic E-state index is 13.3. The molecule has 3 N–H and O–H groups in total. The summed E-state index contributed by atoms with van der Waals surface area (Å²) in [5.74, 6) is -1.20. The third-order valence-electron chi connectivity index (χ3n) is 4.51. The number of primary amides is 1. The molecule has 0 saturated carbocycles. The Morgan fingerprint density at radius 1 is 1.17 bits per heavy atom. The van der Waals surface area contributed by atoms with Crippen LogP contribution >= 0.6 is 0 Å². The van der Waals surface area contributed by atoms with E-state index in [0.717, 1.165) is 5.56 Å². The molecule has 4 aromatic heterocycles. The molecule has 0 spiro atoms. The van der Waals surface area contributed by atoms with Crippen LogP contribution in [0.2, 0.25) is 0 Å². The minimum absolute atomic E-state index is 0.00316. The molecule has 2 amide bonds. The van der Waals surface area contributed by atoms with Crippen LogP contribution in [0.5, 0.6) is 0 Å². The second-order valence-corrected chi connectivity index (χ2v) is 6.92. The van der Waals surface area contributed by atoms with Crippen molar-refractivity contribution >= 4 is 28.6 Å². The number of carbonyl (C=O) groups is 2. The van der Waals surface area contributed by atoms with Gasteiger partial charge in [0.1, 0.15) is 0 Å². The number of anilines is 1. The van der Waals surface area contributed by atoms with Crippen molar-refractivity contribution in [1.82, 2.24) is 20.1 Å². The molecule has 0 aromatic carbocycles. The Bertz CT molecular complexity index is 1250. The molecule has 9 nitrogen and oxygen atoms in total. The molecule has 9 heteroatoms. The Kier molecular flexibility index (Phi) is 4.93. The topological polar surface area (TPSA) is 137 Å². The first-order valence-electron chi connectivity index (χ1n) is 9.22. The molecule has 4 rings (SSSR count). The van der Waals surface area contributed by atoms with Crippen molar-refractivity contribution in [3.8, 4) is 11.3 Å². The van der Waals surface area contributed by atoms with E-state index >= 15 is 0 Å². The number of aromatic nitrogens is 4. The predicted molar refractivity (Wildman–Crippen MR) is 110 cm³/mol. The van der Waals surface area contributed by atoms with Gasteiger partial charge in [-0.15, -0.1) is 0 Å². The van der Waals surface area contributed by atoms with Gasteiger partial charge in [-0.25, -0.2) is 9.97 Å². The quantitative estimate of drug-likeness (QED) is 0.523. The number of nitrogens with two attached hydrogens (primary N) is 1. The van der Waals surface area contributed by atoms with Crippen molar-refractivity contribution in [2.45, 2.75) is 19.8 Å². The van der Waals surface area contributed by atoms with Gasteiger partial charge < -0.3 is 15.6 Å². The van der Waals surface area contributed by atoms with E-state index < -0.39 is 11.8 Å². The van der Waals surface area contributed by atoms with Crippen LogP contribution < -0.4 is 11.1 Å². The van der Waals surface area contributed by atoms with E-state index in [1.165, 1.54) is 6.20 Å². The third-order valence-corrected chi connectivity index (χ3v) is 4.51. The molecule has 0 fully saturated rings. The molecule has 4 aromatic rings. The summed E-state index contributed by atoms with van der Waals surface area (Å²) in [7, 11) is 0. The summed E-state index contributed by atoms with van der Waals surface area (Å²) in [6.45, 7) is 3.89. The number of pyridine rings is 3. The van der Waals surface area contributed by atoms with Crippen LogP contribution in [0.25, 0.3) is 22.4 Å². The Morgan fingerprint density at radius 3 is 2.67 bits per heavy atom. The fourth-order valence-corrected chi connectivity index (χ4v) is 3.10. The van der Waals surface area contributed by atoms with E-state index in [-0.39, 0.29) is 23.0 Å². The van der Waals surface area contributed by atoms with Crippen LogP contribution in [-0.2, 0) is 0 Å². The molecule has 30 heavy (non-hydrogen) atoms. The highest BCUT2D eigenvalue weighted by atomic mass is 16.5. The van der Waals surface area contributed by atoms with Gasteiger partial charge in [-0.2, -0.15) is 0 Å². The molecular weight excluding hydrogens is 384 g/mol. The second-order valence-electron chi connectivity index (χ2n) is 6.92. The monoisotopic (exact) mass is 402 g/mol. The highest BCUT2D eigenvalue weighted by Gasteiger charge is 2.23. The zero-order valence-electron chi connectivity index (χ0n) is 16.3. The number of amides is 2. The Morgan fingerprint density at radius 2 is 1.97 bits per heavy atom. The van der Waals surface area contributed by atoms with E-state index in [1.54, 1.807) is 36.7 Å². The number of hydrogen-bond acceptors (Lipinski definition) is 7. The van der Waals surface area contributed by atoms with Crippen LogP contribution in [0.3, 0.4) is 0 Å². The SMILES string of the molecule is CC(C)c1noc2nc(-c3cccnc3)cc(C(=O)Nc3cccnc3C(N)=O)c12. The lowest BCUT2D eigenvalue weighted by Gasteiger charge is -2.11. The van der Waals surface area contributed by atoms with Crippen molar-refractivity contribution in [3.05, 3.63) is 65.9 Å². The fraction of sp³-hybridized carbons (Fsp3) is 0.143. The number of nitrogens with one attached hydrogen (secondary N) is 1. The molecule has 4 heterocycles. The molecular formula is C21H18N6O3. The first kappa shape index (κ1) is 19.2. The van der Waals surface area contributed by atoms with E-state index in [0.29, 0.717) is 22.3 Å². The second kappa shape index (κ2) is 7.70. The molecule has 150 valence electrons. The highest BCUT2D eigenvalue weighted by molar-refractivity contribution is 6.14. The first-order valence-corrected chi connectivity index (χ1v) is 9.22. The summed E-state index contributed by atoms with van der Waals surface area (Å²) >= 11 is 0. The van der Waals surface area contributed by atoms with Crippen LogP contribution in [0.15, 0.2) is 53.4 Å². The van der Waals surface area contributed by atoms with Crippen molar-refractivity contribution in [2.24, 2.45) is 5.73 Å². The minimum atomic E-state index is -0.741. The number of nitrogens with zero attached hydrogens (tertiary/aromatic N) is 4. The lowest BCUT2D eigenvalue weighted by atomic mass is 10.0. The summed E-state index contributed by atoms with van der Waals surface area (Å²) in [6, 6.07) is 8.41.